The molecule has 0 saturated carbocycles. The van der Waals surface area contributed by atoms with Crippen LogP contribution in [0, 0.1) is 6.92 Å². The number of ether oxygens (including phenoxy) is 1. The first kappa shape index (κ1) is 14.2. The van der Waals surface area contributed by atoms with E-state index in [1.54, 1.807) is 0 Å². The number of carboxylic acid groups (broad SMARTS) is 1. The zero-order valence-corrected chi connectivity index (χ0v) is 7.70. The molecule has 0 heterocycles. The van der Waals surface area contributed by atoms with Gasteiger partial charge in [0.2, 0.25) is 0 Å². The highest BCUT2D eigenvalue weighted by Gasteiger charge is 2.02. The van der Waals surface area contributed by atoms with Crippen LogP contribution in [0.15, 0.2) is 0 Å². The quantitative estimate of drug-likeness (QED) is 0.512. The molecular weight excluding hydrogens is 176 g/mol. The minimum Gasteiger partial charge on any atom is -0.481 e. The van der Waals surface area contributed by atoms with E-state index < -0.39 is 17.9 Å². The Labute approximate surface area is 76.7 Å². The Kier molecular flexibility index (Phi) is 9.48. The summed E-state index contributed by atoms with van der Waals surface area (Å²) in [6.45, 7) is 5.62. The summed E-state index contributed by atoms with van der Waals surface area (Å²) in [5.74, 6) is -2.06. The molecule has 0 rings (SSSR count). The third-order valence-electron chi connectivity index (χ3n) is 0.712. The maximum atomic E-state index is 10.4. The van der Waals surface area contributed by atoms with E-state index in [0.29, 0.717) is 12.8 Å². The Morgan fingerprint density at radius 1 is 1.38 bits per heavy atom. The normalized spacial score (nSPS) is 7.92. The highest BCUT2D eigenvalue weighted by atomic mass is 16.6. The van der Waals surface area contributed by atoms with Crippen LogP contribution >= 0.6 is 0 Å². The lowest BCUT2D eigenvalue weighted by atomic mass is 10.3. The minimum absolute atomic E-state index is 0.319. The smallest absolute Gasteiger partial charge is 0.313 e. The van der Waals surface area contributed by atoms with Gasteiger partial charge in [0.15, 0.2) is 0 Å². The number of hydrogen-bond donors (Lipinski definition) is 1. The standard InChI is InChI=1S/C6H10O3.C2H3O2/c1-3-4-6(8)9-5(2)7;1-2(3)4/h3-4H2,1-2H3;1H2,(H,3,4). The van der Waals surface area contributed by atoms with E-state index in [1.807, 2.05) is 6.92 Å². The third kappa shape index (κ3) is 25.0. The Morgan fingerprint density at radius 3 is 2.00 bits per heavy atom. The lowest BCUT2D eigenvalue weighted by molar-refractivity contribution is -0.158. The van der Waals surface area contributed by atoms with Crippen LogP contribution in [0.4, 0.5) is 0 Å². The summed E-state index contributed by atoms with van der Waals surface area (Å²) in [6, 6.07) is 0. The van der Waals surface area contributed by atoms with Crippen LogP contribution in [-0.4, -0.2) is 23.0 Å². The first-order valence-corrected chi connectivity index (χ1v) is 3.66. The molecule has 13 heavy (non-hydrogen) atoms. The average molecular weight is 189 g/mol. The summed E-state index contributed by atoms with van der Waals surface area (Å²) in [6.07, 6.45) is 1.03. The number of aliphatic carboxylic acids is 1. The van der Waals surface area contributed by atoms with Crippen LogP contribution in [0.1, 0.15) is 26.7 Å². The van der Waals surface area contributed by atoms with Crippen molar-refractivity contribution in [3.8, 4) is 0 Å². The molecule has 0 spiro atoms. The van der Waals surface area contributed by atoms with Crippen LogP contribution in [0.3, 0.4) is 0 Å². The molecule has 0 atom stereocenters. The molecule has 0 aromatic heterocycles. The van der Waals surface area contributed by atoms with Gasteiger partial charge in [0.1, 0.15) is 0 Å². The monoisotopic (exact) mass is 189 g/mol. The van der Waals surface area contributed by atoms with Crippen LogP contribution in [0.25, 0.3) is 0 Å². The van der Waals surface area contributed by atoms with E-state index in [4.69, 9.17) is 9.90 Å². The fraction of sp³-hybridized carbons (Fsp3) is 0.500. The van der Waals surface area contributed by atoms with Gasteiger partial charge in [-0.3, -0.25) is 14.4 Å². The maximum absolute atomic E-state index is 10.4. The summed E-state index contributed by atoms with van der Waals surface area (Å²) >= 11 is 0. The van der Waals surface area contributed by atoms with Crippen molar-refractivity contribution in [2.45, 2.75) is 26.7 Å². The van der Waals surface area contributed by atoms with Crippen molar-refractivity contribution in [3.05, 3.63) is 6.92 Å². The highest BCUT2D eigenvalue weighted by molar-refractivity contribution is 5.83. The third-order valence-corrected chi connectivity index (χ3v) is 0.712. The van der Waals surface area contributed by atoms with Gasteiger partial charge in [-0.2, -0.15) is 0 Å². The van der Waals surface area contributed by atoms with Crippen LogP contribution < -0.4 is 0 Å². The van der Waals surface area contributed by atoms with Crippen molar-refractivity contribution >= 4 is 17.9 Å². The van der Waals surface area contributed by atoms with Crippen LogP contribution in [-0.2, 0) is 19.1 Å². The Balaban J connectivity index is 0. The van der Waals surface area contributed by atoms with Gasteiger partial charge in [-0.15, -0.1) is 0 Å². The molecule has 0 saturated heterocycles. The number of esters is 2. The molecule has 5 heteroatoms. The average Bonchev–Trinajstić information content (AvgIpc) is 1.83. The van der Waals surface area contributed by atoms with Crippen molar-refractivity contribution in [2.75, 3.05) is 0 Å². The minimum atomic E-state index is -1.08. The molecule has 0 amide bonds. The van der Waals surface area contributed by atoms with E-state index in [1.165, 1.54) is 6.92 Å². The second-order valence-electron chi connectivity index (χ2n) is 2.11. The molecule has 0 aromatic carbocycles. The zero-order chi connectivity index (χ0) is 10.9. The first-order chi connectivity index (χ1) is 5.90. The summed E-state index contributed by atoms with van der Waals surface area (Å²) < 4.78 is 4.21. The molecule has 5 nitrogen and oxygen atoms in total. The number of carbonyl (C=O) groups is 3. The van der Waals surface area contributed by atoms with Gasteiger partial charge < -0.3 is 9.84 Å². The lowest BCUT2D eigenvalue weighted by Crippen LogP contribution is -2.07. The van der Waals surface area contributed by atoms with Gasteiger partial charge >= 0.3 is 17.9 Å². The number of carbonyl (C=O) groups excluding carboxylic acids is 2. The van der Waals surface area contributed by atoms with Crippen molar-refractivity contribution in [1.82, 2.24) is 0 Å². The SMILES string of the molecule is CCCC(=O)OC(C)=O.[CH2]C(=O)O. The molecule has 0 aliphatic rings. The largest absolute Gasteiger partial charge is 0.481 e. The molecule has 0 aliphatic heterocycles. The fourth-order valence-electron chi connectivity index (χ4n) is 0.415. The molecule has 1 radical (unpaired) electrons. The summed E-state index contributed by atoms with van der Waals surface area (Å²) in [5, 5.41) is 7.31. The van der Waals surface area contributed by atoms with Crippen molar-refractivity contribution < 1.29 is 24.2 Å². The zero-order valence-electron chi connectivity index (χ0n) is 7.70. The summed E-state index contributed by atoms with van der Waals surface area (Å²) in [7, 11) is 0. The van der Waals surface area contributed by atoms with Crippen LogP contribution in [0.5, 0.6) is 0 Å². The second kappa shape index (κ2) is 8.70. The summed E-state index contributed by atoms with van der Waals surface area (Å²) in [4.78, 5) is 29.4. The van der Waals surface area contributed by atoms with Gasteiger partial charge in [0.05, 0.1) is 6.92 Å². The van der Waals surface area contributed by atoms with E-state index in [9.17, 15) is 9.59 Å². The second-order valence-corrected chi connectivity index (χ2v) is 2.11. The first-order valence-electron chi connectivity index (χ1n) is 3.66. The van der Waals surface area contributed by atoms with Gasteiger partial charge in [-0.05, 0) is 6.42 Å². The van der Waals surface area contributed by atoms with E-state index >= 15 is 0 Å². The molecular formula is C8H13O5. The lowest BCUT2D eigenvalue weighted by Gasteiger charge is -1.94. The van der Waals surface area contributed by atoms with Gasteiger partial charge in [-0.1, -0.05) is 6.92 Å². The van der Waals surface area contributed by atoms with Gasteiger partial charge in [-0.25, -0.2) is 0 Å². The predicted octanol–water partition coefficient (Wildman–Crippen LogP) is 0.781. The Hall–Kier alpha value is -1.39. The van der Waals surface area contributed by atoms with Crippen molar-refractivity contribution in [3.63, 3.8) is 0 Å². The Morgan fingerprint density at radius 2 is 1.77 bits per heavy atom. The van der Waals surface area contributed by atoms with Gasteiger partial charge in [0, 0.05) is 13.3 Å². The molecule has 0 aliphatic carbocycles. The molecule has 0 bridgehead atoms. The van der Waals surface area contributed by atoms with E-state index in [-0.39, 0.29) is 0 Å². The topological polar surface area (TPSA) is 80.7 Å². The Bertz CT molecular complexity index is 181. The van der Waals surface area contributed by atoms with Gasteiger partial charge in [0.25, 0.3) is 0 Å². The van der Waals surface area contributed by atoms with E-state index in [2.05, 4.69) is 11.7 Å². The molecule has 1 N–H and O–H groups in total. The summed E-state index contributed by atoms with van der Waals surface area (Å²) in [5.41, 5.74) is 0. The molecule has 0 aromatic rings. The van der Waals surface area contributed by atoms with E-state index in [0.717, 1.165) is 0 Å². The van der Waals surface area contributed by atoms with Crippen LogP contribution in [0.2, 0.25) is 0 Å². The predicted molar refractivity (Wildman–Crippen MR) is 44.7 cm³/mol. The maximum Gasteiger partial charge on any atom is 0.313 e. The fourth-order valence-corrected chi connectivity index (χ4v) is 0.415. The van der Waals surface area contributed by atoms with Crippen molar-refractivity contribution in [1.29, 1.82) is 0 Å². The number of rotatable bonds is 2. The molecule has 75 valence electrons. The molecule has 0 fully saturated rings. The number of carboxylic acids is 1. The molecule has 0 unspecified atom stereocenters. The number of hydrogen-bond acceptors (Lipinski definition) is 4. The van der Waals surface area contributed by atoms with Crippen molar-refractivity contribution in [2.24, 2.45) is 0 Å². The highest BCUT2D eigenvalue weighted by Crippen LogP contribution is 1.90.